The first-order valence-corrected chi connectivity index (χ1v) is 5.12. The van der Waals surface area contributed by atoms with E-state index in [-0.39, 0.29) is 12.3 Å². The van der Waals surface area contributed by atoms with Gasteiger partial charge in [-0.15, -0.1) is 0 Å². The molecule has 0 bridgehead atoms. The summed E-state index contributed by atoms with van der Waals surface area (Å²) in [4.78, 5) is 17.1. The van der Waals surface area contributed by atoms with Gasteiger partial charge < -0.3 is 10.0 Å². The van der Waals surface area contributed by atoms with Crippen LogP contribution >= 0.6 is 0 Å². The Morgan fingerprint density at radius 2 is 2.43 bits per heavy atom. The summed E-state index contributed by atoms with van der Waals surface area (Å²) in [5.74, 6) is 0.317. The van der Waals surface area contributed by atoms with Crippen LogP contribution in [0.15, 0.2) is 4.99 Å². The maximum absolute atomic E-state index is 10.6. The molecule has 0 amide bonds. The van der Waals surface area contributed by atoms with Crippen LogP contribution in [-0.2, 0) is 4.79 Å². The Bertz CT molecular complexity index is 238. The molecule has 0 saturated carbocycles. The predicted molar refractivity (Wildman–Crippen MR) is 55.6 cm³/mol. The van der Waals surface area contributed by atoms with Crippen LogP contribution in [0.3, 0.4) is 0 Å². The summed E-state index contributed by atoms with van der Waals surface area (Å²) in [6.07, 6.45) is 2.11. The fraction of sp³-hybridized carbons (Fsp3) is 0.800. The normalized spacial score (nSPS) is 19.0. The van der Waals surface area contributed by atoms with E-state index in [1.54, 1.807) is 0 Å². The topological polar surface area (TPSA) is 52.9 Å². The van der Waals surface area contributed by atoms with Gasteiger partial charge in [0.25, 0.3) is 0 Å². The van der Waals surface area contributed by atoms with Gasteiger partial charge in [-0.2, -0.15) is 0 Å². The summed E-state index contributed by atoms with van der Waals surface area (Å²) in [7, 11) is 1.99. The van der Waals surface area contributed by atoms with Crippen molar-refractivity contribution in [2.24, 2.45) is 10.9 Å². The van der Waals surface area contributed by atoms with Crippen LogP contribution in [0, 0.1) is 5.92 Å². The maximum atomic E-state index is 10.6. The average Bonchev–Trinajstić information content (AvgIpc) is 2.15. The molecule has 1 heterocycles. The Hall–Kier alpha value is -1.06. The highest BCUT2D eigenvalue weighted by atomic mass is 16.4. The van der Waals surface area contributed by atoms with E-state index in [0.29, 0.717) is 0 Å². The van der Waals surface area contributed by atoms with Gasteiger partial charge in [0.15, 0.2) is 0 Å². The van der Waals surface area contributed by atoms with Crippen LogP contribution in [-0.4, -0.2) is 41.9 Å². The minimum absolute atomic E-state index is 0.0813. The van der Waals surface area contributed by atoms with Gasteiger partial charge in [-0.3, -0.25) is 9.79 Å². The molecule has 0 aliphatic carbocycles. The summed E-state index contributed by atoms with van der Waals surface area (Å²) in [5.41, 5.74) is 0. The molecule has 4 heteroatoms. The van der Waals surface area contributed by atoms with Gasteiger partial charge in [0, 0.05) is 26.1 Å². The third-order valence-corrected chi connectivity index (χ3v) is 2.60. The van der Waals surface area contributed by atoms with Crippen molar-refractivity contribution in [2.75, 3.05) is 20.1 Å². The number of nitrogens with zero attached hydrogens (tertiary/aromatic N) is 2. The smallest absolute Gasteiger partial charge is 0.304 e. The summed E-state index contributed by atoms with van der Waals surface area (Å²) >= 11 is 0. The average molecular weight is 198 g/mol. The molecule has 0 fully saturated rings. The predicted octanol–water partition coefficient (Wildman–Crippen LogP) is 1.22. The van der Waals surface area contributed by atoms with E-state index in [1.807, 2.05) is 14.0 Å². The molecule has 0 aromatic rings. The maximum Gasteiger partial charge on any atom is 0.304 e. The number of carbonyl (C=O) groups is 1. The second-order valence-corrected chi connectivity index (χ2v) is 3.72. The van der Waals surface area contributed by atoms with E-state index in [2.05, 4.69) is 9.89 Å². The number of amidine groups is 1. The zero-order valence-corrected chi connectivity index (χ0v) is 8.86. The van der Waals surface area contributed by atoms with Crippen molar-refractivity contribution in [2.45, 2.75) is 26.2 Å². The number of aliphatic carboxylic acids is 1. The lowest BCUT2D eigenvalue weighted by Crippen LogP contribution is -2.37. The van der Waals surface area contributed by atoms with Crippen LogP contribution in [0.1, 0.15) is 26.2 Å². The standard InChI is InChI=1S/C10H18N2O2/c1-3-8(7-9(13)14)10-11-5-4-6-12(10)2/h8H,3-7H2,1-2H3,(H,13,14). The van der Waals surface area contributed by atoms with Crippen LogP contribution in [0.2, 0.25) is 0 Å². The second-order valence-electron chi connectivity index (χ2n) is 3.72. The lowest BCUT2D eigenvalue weighted by molar-refractivity contribution is -0.137. The highest BCUT2D eigenvalue weighted by Crippen LogP contribution is 2.16. The second kappa shape index (κ2) is 4.98. The molecular formula is C10H18N2O2. The lowest BCUT2D eigenvalue weighted by atomic mass is 9.99. The number of carboxylic acid groups (broad SMARTS) is 1. The molecule has 0 radical (unpaired) electrons. The monoisotopic (exact) mass is 198 g/mol. The number of hydrogen-bond acceptors (Lipinski definition) is 3. The van der Waals surface area contributed by atoms with E-state index in [9.17, 15) is 4.79 Å². The summed E-state index contributed by atoms with van der Waals surface area (Å²) < 4.78 is 0. The van der Waals surface area contributed by atoms with Gasteiger partial charge in [-0.25, -0.2) is 0 Å². The number of carboxylic acids is 1. The SMILES string of the molecule is CCC(CC(=O)O)C1=NCCCN1C. The largest absolute Gasteiger partial charge is 0.481 e. The zero-order chi connectivity index (χ0) is 10.6. The van der Waals surface area contributed by atoms with E-state index in [1.165, 1.54) is 0 Å². The van der Waals surface area contributed by atoms with Crippen molar-refractivity contribution < 1.29 is 9.90 Å². The van der Waals surface area contributed by atoms with E-state index in [0.717, 1.165) is 31.8 Å². The highest BCUT2D eigenvalue weighted by molar-refractivity contribution is 5.88. The van der Waals surface area contributed by atoms with Crippen LogP contribution in [0.4, 0.5) is 0 Å². The number of rotatable bonds is 4. The van der Waals surface area contributed by atoms with Crippen molar-refractivity contribution in [1.82, 2.24) is 4.90 Å². The molecule has 4 nitrogen and oxygen atoms in total. The molecule has 0 spiro atoms. The molecule has 1 aliphatic rings. The molecule has 1 atom stereocenters. The van der Waals surface area contributed by atoms with Crippen molar-refractivity contribution >= 4 is 11.8 Å². The molecule has 0 saturated heterocycles. The van der Waals surface area contributed by atoms with Gasteiger partial charge in [0.1, 0.15) is 5.84 Å². The minimum atomic E-state index is -0.737. The Balaban J connectivity index is 2.66. The minimum Gasteiger partial charge on any atom is -0.481 e. The molecule has 1 N–H and O–H groups in total. The third kappa shape index (κ3) is 2.72. The quantitative estimate of drug-likeness (QED) is 0.739. The van der Waals surface area contributed by atoms with Crippen molar-refractivity contribution in [3.63, 3.8) is 0 Å². The van der Waals surface area contributed by atoms with Crippen molar-refractivity contribution in [1.29, 1.82) is 0 Å². The lowest BCUT2D eigenvalue weighted by Gasteiger charge is -2.29. The van der Waals surface area contributed by atoms with E-state index in [4.69, 9.17) is 5.11 Å². The van der Waals surface area contributed by atoms with Crippen LogP contribution in [0.5, 0.6) is 0 Å². The van der Waals surface area contributed by atoms with Crippen molar-refractivity contribution in [3.05, 3.63) is 0 Å². The van der Waals surface area contributed by atoms with E-state index >= 15 is 0 Å². The molecule has 0 aromatic heterocycles. The molecule has 80 valence electrons. The molecular weight excluding hydrogens is 180 g/mol. The first-order chi connectivity index (χ1) is 6.65. The summed E-state index contributed by atoms with van der Waals surface area (Å²) in [6, 6.07) is 0. The van der Waals surface area contributed by atoms with Gasteiger partial charge in [0.05, 0.1) is 6.42 Å². The fourth-order valence-electron chi connectivity index (χ4n) is 1.81. The molecule has 14 heavy (non-hydrogen) atoms. The van der Waals surface area contributed by atoms with Gasteiger partial charge in [-0.1, -0.05) is 6.92 Å². The Labute approximate surface area is 84.6 Å². The first kappa shape index (κ1) is 11.0. The van der Waals surface area contributed by atoms with Gasteiger partial charge in [-0.05, 0) is 12.8 Å². The third-order valence-electron chi connectivity index (χ3n) is 2.60. The zero-order valence-electron chi connectivity index (χ0n) is 8.86. The van der Waals surface area contributed by atoms with Gasteiger partial charge >= 0.3 is 5.97 Å². The highest BCUT2D eigenvalue weighted by Gasteiger charge is 2.22. The first-order valence-electron chi connectivity index (χ1n) is 5.12. The Kier molecular flexibility index (Phi) is 3.92. The van der Waals surface area contributed by atoms with Crippen molar-refractivity contribution in [3.8, 4) is 0 Å². The fourth-order valence-corrected chi connectivity index (χ4v) is 1.81. The Morgan fingerprint density at radius 1 is 1.71 bits per heavy atom. The molecule has 1 rings (SSSR count). The number of hydrogen-bond donors (Lipinski definition) is 1. The van der Waals surface area contributed by atoms with Crippen LogP contribution in [0.25, 0.3) is 0 Å². The molecule has 0 aromatic carbocycles. The van der Waals surface area contributed by atoms with Crippen LogP contribution < -0.4 is 0 Å². The Morgan fingerprint density at radius 3 is 2.93 bits per heavy atom. The van der Waals surface area contributed by atoms with Gasteiger partial charge in [0.2, 0.25) is 0 Å². The number of aliphatic imine (C=N–C) groups is 1. The van der Waals surface area contributed by atoms with E-state index < -0.39 is 5.97 Å². The molecule has 1 aliphatic heterocycles. The summed E-state index contributed by atoms with van der Waals surface area (Å²) in [6.45, 7) is 3.85. The summed E-state index contributed by atoms with van der Waals surface area (Å²) in [5, 5.41) is 8.76. The molecule has 1 unspecified atom stereocenters.